The summed E-state index contributed by atoms with van der Waals surface area (Å²) < 4.78 is 10.7. The number of benzene rings is 2. The zero-order valence-electron chi connectivity index (χ0n) is 14.5. The summed E-state index contributed by atoms with van der Waals surface area (Å²) in [5, 5.41) is 4.08. The lowest BCUT2D eigenvalue weighted by molar-refractivity contribution is -0.129. The van der Waals surface area contributed by atoms with Gasteiger partial charge in [-0.3, -0.25) is 4.79 Å². The van der Waals surface area contributed by atoms with Crippen LogP contribution < -0.4 is 4.74 Å². The van der Waals surface area contributed by atoms with Gasteiger partial charge in [-0.05, 0) is 24.1 Å². The zero-order chi connectivity index (χ0) is 17.9. The summed E-state index contributed by atoms with van der Waals surface area (Å²) >= 11 is 0. The Morgan fingerprint density at radius 3 is 2.65 bits per heavy atom. The SMILES string of the molecule is COc1ccc(CN2C(=O)CCC2c2nc(-c3ccccc3)no2)cc1. The second-order valence-electron chi connectivity index (χ2n) is 6.25. The summed E-state index contributed by atoms with van der Waals surface area (Å²) in [6.45, 7) is 0.510. The highest BCUT2D eigenvalue weighted by atomic mass is 16.5. The standard InChI is InChI=1S/C20H19N3O3/c1-25-16-9-7-14(8-10-16)13-23-17(11-12-18(23)24)20-21-19(22-26-20)15-5-3-2-4-6-15/h2-10,17H,11-13H2,1H3. The van der Waals surface area contributed by atoms with Crippen LogP contribution in [0.3, 0.4) is 0 Å². The molecular weight excluding hydrogens is 330 g/mol. The second kappa shape index (κ2) is 7.00. The number of ether oxygens (including phenoxy) is 1. The van der Waals surface area contributed by atoms with Crippen LogP contribution in [0.2, 0.25) is 0 Å². The Balaban J connectivity index is 1.55. The van der Waals surface area contributed by atoms with Gasteiger partial charge in [0.15, 0.2) is 0 Å². The van der Waals surface area contributed by atoms with E-state index in [1.807, 2.05) is 59.5 Å². The molecule has 0 bridgehead atoms. The fraction of sp³-hybridized carbons (Fsp3) is 0.250. The Morgan fingerprint density at radius 2 is 1.92 bits per heavy atom. The van der Waals surface area contributed by atoms with Crippen molar-refractivity contribution < 1.29 is 14.1 Å². The van der Waals surface area contributed by atoms with Crippen molar-refractivity contribution in [2.45, 2.75) is 25.4 Å². The predicted molar refractivity (Wildman–Crippen MR) is 95.3 cm³/mol. The van der Waals surface area contributed by atoms with Gasteiger partial charge >= 0.3 is 0 Å². The van der Waals surface area contributed by atoms with E-state index < -0.39 is 0 Å². The number of hydrogen-bond acceptors (Lipinski definition) is 5. The quantitative estimate of drug-likeness (QED) is 0.704. The van der Waals surface area contributed by atoms with Crippen molar-refractivity contribution in [2.24, 2.45) is 0 Å². The molecule has 1 aliphatic rings. The van der Waals surface area contributed by atoms with Gasteiger partial charge in [-0.1, -0.05) is 47.6 Å². The van der Waals surface area contributed by atoms with Crippen molar-refractivity contribution in [1.29, 1.82) is 0 Å². The molecule has 0 saturated carbocycles. The van der Waals surface area contributed by atoms with Gasteiger partial charge in [0, 0.05) is 18.5 Å². The van der Waals surface area contributed by atoms with Gasteiger partial charge in [-0.2, -0.15) is 4.98 Å². The van der Waals surface area contributed by atoms with Crippen LogP contribution in [0, 0.1) is 0 Å². The maximum Gasteiger partial charge on any atom is 0.249 e. The number of amides is 1. The van der Waals surface area contributed by atoms with Crippen LogP contribution in [0.4, 0.5) is 0 Å². The van der Waals surface area contributed by atoms with Crippen LogP contribution in [-0.2, 0) is 11.3 Å². The molecule has 1 amide bonds. The number of nitrogens with zero attached hydrogens (tertiary/aromatic N) is 3. The molecule has 3 aromatic rings. The van der Waals surface area contributed by atoms with Gasteiger partial charge in [0.2, 0.25) is 17.6 Å². The summed E-state index contributed by atoms with van der Waals surface area (Å²) in [6.07, 6.45) is 1.18. The van der Waals surface area contributed by atoms with E-state index in [-0.39, 0.29) is 11.9 Å². The molecule has 0 spiro atoms. The van der Waals surface area contributed by atoms with E-state index in [9.17, 15) is 4.79 Å². The minimum absolute atomic E-state index is 0.102. The number of carbonyl (C=O) groups excluding carboxylic acids is 1. The fourth-order valence-corrected chi connectivity index (χ4v) is 3.19. The normalized spacial score (nSPS) is 16.9. The Hall–Kier alpha value is -3.15. The molecular formula is C20H19N3O3. The number of hydrogen-bond donors (Lipinski definition) is 0. The third kappa shape index (κ3) is 3.18. The van der Waals surface area contributed by atoms with Gasteiger partial charge in [0.1, 0.15) is 11.8 Å². The molecule has 4 rings (SSSR count). The fourth-order valence-electron chi connectivity index (χ4n) is 3.19. The zero-order valence-corrected chi connectivity index (χ0v) is 14.5. The predicted octanol–water partition coefficient (Wildman–Crippen LogP) is 3.61. The first-order chi connectivity index (χ1) is 12.7. The number of carbonyl (C=O) groups is 1. The molecule has 0 N–H and O–H groups in total. The van der Waals surface area contributed by atoms with Crippen molar-refractivity contribution in [1.82, 2.24) is 15.0 Å². The molecule has 1 saturated heterocycles. The number of aromatic nitrogens is 2. The van der Waals surface area contributed by atoms with Crippen LogP contribution in [0.5, 0.6) is 5.75 Å². The van der Waals surface area contributed by atoms with E-state index in [2.05, 4.69) is 10.1 Å². The van der Waals surface area contributed by atoms with E-state index in [0.717, 1.165) is 16.9 Å². The van der Waals surface area contributed by atoms with E-state index in [0.29, 0.717) is 31.1 Å². The van der Waals surface area contributed by atoms with Crippen molar-refractivity contribution >= 4 is 5.91 Å². The van der Waals surface area contributed by atoms with Crippen LogP contribution in [0.1, 0.15) is 30.3 Å². The Labute approximate surface area is 151 Å². The molecule has 6 heteroatoms. The third-order valence-corrected chi connectivity index (χ3v) is 4.60. The highest BCUT2D eigenvalue weighted by Crippen LogP contribution is 2.34. The van der Waals surface area contributed by atoms with E-state index in [1.165, 1.54) is 0 Å². The van der Waals surface area contributed by atoms with Crippen LogP contribution >= 0.6 is 0 Å². The third-order valence-electron chi connectivity index (χ3n) is 4.60. The van der Waals surface area contributed by atoms with Gasteiger partial charge < -0.3 is 14.2 Å². The molecule has 26 heavy (non-hydrogen) atoms. The second-order valence-corrected chi connectivity index (χ2v) is 6.25. The molecule has 0 radical (unpaired) electrons. The average Bonchev–Trinajstić information content (AvgIpc) is 3.31. The lowest BCUT2D eigenvalue weighted by Gasteiger charge is -2.22. The topological polar surface area (TPSA) is 68.5 Å². The van der Waals surface area contributed by atoms with Gasteiger partial charge in [-0.25, -0.2) is 0 Å². The van der Waals surface area contributed by atoms with Crippen molar-refractivity contribution in [3.8, 4) is 17.1 Å². The molecule has 1 fully saturated rings. The van der Waals surface area contributed by atoms with Crippen molar-refractivity contribution in [2.75, 3.05) is 7.11 Å². The van der Waals surface area contributed by atoms with Crippen molar-refractivity contribution in [3.63, 3.8) is 0 Å². The van der Waals surface area contributed by atoms with Crippen LogP contribution in [-0.4, -0.2) is 28.1 Å². The lowest BCUT2D eigenvalue weighted by atomic mass is 10.1. The molecule has 0 aliphatic carbocycles. The molecule has 1 unspecified atom stereocenters. The highest BCUT2D eigenvalue weighted by Gasteiger charge is 2.36. The Morgan fingerprint density at radius 1 is 1.15 bits per heavy atom. The monoisotopic (exact) mass is 349 g/mol. The maximum atomic E-state index is 12.4. The van der Waals surface area contributed by atoms with Crippen LogP contribution in [0.25, 0.3) is 11.4 Å². The minimum Gasteiger partial charge on any atom is -0.497 e. The first-order valence-corrected chi connectivity index (χ1v) is 8.56. The van der Waals surface area contributed by atoms with E-state index in [4.69, 9.17) is 9.26 Å². The van der Waals surface area contributed by atoms with Gasteiger partial charge in [-0.15, -0.1) is 0 Å². The Bertz CT molecular complexity index is 890. The molecule has 6 nitrogen and oxygen atoms in total. The minimum atomic E-state index is -0.186. The van der Waals surface area contributed by atoms with E-state index in [1.54, 1.807) is 7.11 Å². The van der Waals surface area contributed by atoms with Gasteiger partial charge in [0.05, 0.1) is 7.11 Å². The molecule has 1 aliphatic heterocycles. The molecule has 1 aromatic heterocycles. The number of methoxy groups -OCH3 is 1. The lowest BCUT2D eigenvalue weighted by Crippen LogP contribution is -2.27. The summed E-state index contributed by atoms with van der Waals surface area (Å²) in [5.41, 5.74) is 1.93. The summed E-state index contributed by atoms with van der Waals surface area (Å²) in [5.74, 6) is 1.93. The number of likely N-dealkylation sites (tertiary alicyclic amines) is 1. The molecule has 2 aromatic carbocycles. The van der Waals surface area contributed by atoms with Crippen molar-refractivity contribution in [3.05, 3.63) is 66.1 Å². The molecule has 1 atom stereocenters. The summed E-state index contributed by atoms with van der Waals surface area (Å²) in [7, 11) is 1.63. The molecule has 132 valence electrons. The summed E-state index contributed by atoms with van der Waals surface area (Å²) in [6, 6.07) is 17.2. The maximum absolute atomic E-state index is 12.4. The number of rotatable bonds is 5. The highest BCUT2D eigenvalue weighted by molar-refractivity contribution is 5.78. The Kier molecular flexibility index (Phi) is 4.39. The smallest absolute Gasteiger partial charge is 0.249 e. The van der Waals surface area contributed by atoms with Crippen LogP contribution in [0.15, 0.2) is 59.1 Å². The first-order valence-electron chi connectivity index (χ1n) is 8.56. The first kappa shape index (κ1) is 16.3. The molecule has 2 heterocycles. The van der Waals surface area contributed by atoms with Gasteiger partial charge in [0.25, 0.3) is 0 Å². The van der Waals surface area contributed by atoms with E-state index >= 15 is 0 Å². The average molecular weight is 349 g/mol. The summed E-state index contributed by atoms with van der Waals surface area (Å²) in [4.78, 5) is 18.7. The largest absolute Gasteiger partial charge is 0.497 e.